The summed E-state index contributed by atoms with van der Waals surface area (Å²) in [6.45, 7) is 3.80. The normalized spacial score (nSPS) is 14.8. The SMILES string of the molecule is CC(CCl)C(=O)N[C@@H](C)c1cccs1. The Morgan fingerprint density at radius 2 is 2.36 bits per heavy atom. The van der Waals surface area contributed by atoms with E-state index in [1.165, 1.54) is 4.88 Å². The zero-order valence-corrected chi connectivity index (χ0v) is 9.86. The van der Waals surface area contributed by atoms with Crippen molar-refractivity contribution in [2.45, 2.75) is 19.9 Å². The van der Waals surface area contributed by atoms with Crippen molar-refractivity contribution < 1.29 is 4.79 Å². The third-order valence-corrected chi connectivity index (χ3v) is 3.53. The predicted molar refractivity (Wildman–Crippen MR) is 60.8 cm³/mol. The molecule has 1 aromatic rings. The maximum Gasteiger partial charge on any atom is 0.224 e. The van der Waals surface area contributed by atoms with Gasteiger partial charge in [0.1, 0.15) is 0 Å². The molecule has 0 radical (unpaired) electrons. The standard InChI is InChI=1S/C10H14ClNOS/c1-7(6-11)10(13)12-8(2)9-4-3-5-14-9/h3-5,7-8H,6H2,1-2H3,(H,12,13)/t7?,8-/m0/s1. The summed E-state index contributed by atoms with van der Waals surface area (Å²) in [5.74, 6) is 0.253. The van der Waals surface area contributed by atoms with E-state index in [2.05, 4.69) is 5.32 Å². The molecule has 0 fully saturated rings. The first-order valence-corrected chi connectivity index (χ1v) is 5.96. The lowest BCUT2D eigenvalue weighted by Gasteiger charge is -2.14. The highest BCUT2D eigenvalue weighted by molar-refractivity contribution is 7.10. The van der Waals surface area contributed by atoms with Crippen molar-refractivity contribution in [3.8, 4) is 0 Å². The summed E-state index contributed by atoms with van der Waals surface area (Å²) in [5, 5.41) is 4.92. The van der Waals surface area contributed by atoms with Crippen LogP contribution in [-0.4, -0.2) is 11.8 Å². The number of amides is 1. The molecule has 1 rings (SSSR count). The minimum atomic E-state index is -0.126. The van der Waals surface area contributed by atoms with Crippen molar-refractivity contribution in [1.82, 2.24) is 5.32 Å². The van der Waals surface area contributed by atoms with Crippen LogP contribution < -0.4 is 5.32 Å². The second-order valence-electron chi connectivity index (χ2n) is 3.30. The van der Waals surface area contributed by atoms with Gasteiger partial charge in [-0.2, -0.15) is 0 Å². The fraction of sp³-hybridized carbons (Fsp3) is 0.500. The molecule has 0 saturated carbocycles. The van der Waals surface area contributed by atoms with E-state index in [0.717, 1.165) is 0 Å². The van der Waals surface area contributed by atoms with Crippen LogP contribution in [0, 0.1) is 5.92 Å². The van der Waals surface area contributed by atoms with Gasteiger partial charge < -0.3 is 5.32 Å². The average Bonchev–Trinajstić information content (AvgIpc) is 2.69. The minimum absolute atomic E-state index is 0.0147. The van der Waals surface area contributed by atoms with Crippen LogP contribution in [0.5, 0.6) is 0 Å². The van der Waals surface area contributed by atoms with Gasteiger partial charge in [0.2, 0.25) is 5.91 Å². The highest BCUT2D eigenvalue weighted by Crippen LogP contribution is 2.18. The van der Waals surface area contributed by atoms with Crippen molar-refractivity contribution in [3.63, 3.8) is 0 Å². The Bertz CT molecular complexity index is 286. The molecule has 1 unspecified atom stereocenters. The molecule has 0 aliphatic carbocycles. The van der Waals surface area contributed by atoms with Gasteiger partial charge in [-0.3, -0.25) is 4.79 Å². The summed E-state index contributed by atoms with van der Waals surface area (Å²) in [6, 6.07) is 4.07. The third-order valence-electron chi connectivity index (χ3n) is 2.01. The summed E-state index contributed by atoms with van der Waals surface area (Å²) in [5.41, 5.74) is 0. The number of thiophene rings is 1. The van der Waals surface area contributed by atoms with Gasteiger partial charge >= 0.3 is 0 Å². The molecule has 0 aromatic carbocycles. The summed E-state index contributed by atoms with van der Waals surface area (Å²) in [7, 11) is 0. The molecule has 78 valence electrons. The van der Waals surface area contributed by atoms with E-state index >= 15 is 0 Å². The number of alkyl halides is 1. The van der Waals surface area contributed by atoms with Gasteiger partial charge in [0.15, 0.2) is 0 Å². The van der Waals surface area contributed by atoms with E-state index in [1.54, 1.807) is 11.3 Å². The molecule has 0 spiro atoms. The summed E-state index contributed by atoms with van der Waals surface area (Å²) < 4.78 is 0. The topological polar surface area (TPSA) is 29.1 Å². The first-order chi connectivity index (χ1) is 6.65. The van der Waals surface area contributed by atoms with Crippen LogP contribution in [-0.2, 0) is 4.79 Å². The minimum Gasteiger partial charge on any atom is -0.349 e. The van der Waals surface area contributed by atoms with Crippen LogP contribution in [0.3, 0.4) is 0 Å². The largest absolute Gasteiger partial charge is 0.349 e. The lowest BCUT2D eigenvalue weighted by atomic mass is 10.2. The van der Waals surface area contributed by atoms with Gasteiger partial charge in [-0.1, -0.05) is 13.0 Å². The smallest absolute Gasteiger partial charge is 0.224 e. The highest BCUT2D eigenvalue weighted by Gasteiger charge is 2.15. The Kier molecular flexibility index (Phi) is 4.42. The summed E-state index contributed by atoms with van der Waals surface area (Å²) in [4.78, 5) is 12.7. The lowest BCUT2D eigenvalue weighted by molar-refractivity contribution is -0.124. The van der Waals surface area contributed by atoms with E-state index in [4.69, 9.17) is 11.6 Å². The van der Waals surface area contributed by atoms with Crippen molar-refractivity contribution >= 4 is 28.8 Å². The second kappa shape index (κ2) is 5.37. The molecule has 2 nitrogen and oxygen atoms in total. The number of hydrogen-bond acceptors (Lipinski definition) is 2. The second-order valence-corrected chi connectivity index (χ2v) is 4.59. The Morgan fingerprint density at radius 3 is 2.86 bits per heavy atom. The number of carbonyl (C=O) groups is 1. The summed E-state index contributed by atoms with van der Waals surface area (Å²) >= 11 is 7.24. The first-order valence-electron chi connectivity index (χ1n) is 4.55. The third kappa shape index (κ3) is 3.00. The van der Waals surface area contributed by atoms with E-state index in [9.17, 15) is 4.79 Å². The fourth-order valence-corrected chi connectivity index (χ4v) is 1.91. The lowest BCUT2D eigenvalue weighted by Crippen LogP contribution is -2.31. The zero-order chi connectivity index (χ0) is 10.6. The number of rotatable bonds is 4. The van der Waals surface area contributed by atoms with E-state index < -0.39 is 0 Å². The van der Waals surface area contributed by atoms with Crippen LogP contribution in [0.15, 0.2) is 17.5 Å². The number of halogens is 1. The molecule has 1 heterocycles. The van der Waals surface area contributed by atoms with Crippen LogP contribution in [0.1, 0.15) is 24.8 Å². The Hall–Kier alpha value is -0.540. The molecule has 2 atom stereocenters. The van der Waals surface area contributed by atoms with Gasteiger partial charge in [-0.15, -0.1) is 22.9 Å². The fourth-order valence-electron chi connectivity index (χ4n) is 1.03. The van der Waals surface area contributed by atoms with Gasteiger partial charge in [-0.25, -0.2) is 0 Å². The monoisotopic (exact) mass is 231 g/mol. The average molecular weight is 232 g/mol. The van der Waals surface area contributed by atoms with Crippen molar-refractivity contribution in [1.29, 1.82) is 0 Å². The molecule has 1 N–H and O–H groups in total. The predicted octanol–water partition coefficient (Wildman–Crippen LogP) is 2.80. The van der Waals surface area contributed by atoms with Gasteiger partial charge in [0, 0.05) is 16.7 Å². The van der Waals surface area contributed by atoms with Crippen LogP contribution in [0.2, 0.25) is 0 Å². The Balaban J connectivity index is 2.49. The highest BCUT2D eigenvalue weighted by atomic mass is 35.5. The van der Waals surface area contributed by atoms with Crippen LogP contribution in [0.25, 0.3) is 0 Å². The van der Waals surface area contributed by atoms with Crippen molar-refractivity contribution in [2.75, 3.05) is 5.88 Å². The van der Waals surface area contributed by atoms with Gasteiger partial charge in [0.05, 0.1) is 6.04 Å². The van der Waals surface area contributed by atoms with Crippen molar-refractivity contribution in [2.24, 2.45) is 5.92 Å². The molecule has 0 bridgehead atoms. The van der Waals surface area contributed by atoms with Crippen LogP contribution >= 0.6 is 22.9 Å². The molecule has 1 amide bonds. The Labute approximate surface area is 93.3 Å². The quantitative estimate of drug-likeness (QED) is 0.794. The van der Waals surface area contributed by atoms with Gasteiger partial charge in [-0.05, 0) is 18.4 Å². The molecular weight excluding hydrogens is 218 g/mol. The number of nitrogens with one attached hydrogen (secondary N) is 1. The Morgan fingerprint density at radius 1 is 1.64 bits per heavy atom. The van der Waals surface area contributed by atoms with Crippen LogP contribution in [0.4, 0.5) is 0 Å². The number of carbonyl (C=O) groups excluding carboxylic acids is 1. The first kappa shape index (κ1) is 11.5. The van der Waals surface area contributed by atoms with Gasteiger partial charge in [0.25, 0.3) is 0 Å². The molecule has 0 saturated heterocycles. The van der Waals surface area contributed by atoms with E-state index in [0.29, 0.717) is 5.88 Å². The maximum absolute atomic E-state index is 11.5. The van der Waals surface area contributed by atoms with E-state index in [1.807, 2.05) is 31.4 Å². The zero-order valence-electron chi connectivity index (χ0n) is 8.29. The van der Waals surface area contributed by atoms with Crippen molar-refractivity contribution in [3.05, 3.63) is 22.4 Å². The molecule has 0 aliphatic rings. The number of hydrogen-bond donors (Lipinski definition) is 1. The molecule has 0 aliphatic heterocycles. The molecule has 4 heteroatoms. The molecular formula is C10H14ClNOS. The molecule has 1 aromatic heterocycles. The summed E-state index contributed by atoms with van der Waals surface area (Å²) in [6.07, 6.45) is 0. The van der Waals surface area contributed by atoms with E-state index in [-0.39, 0.29) is 17.9 Å². The molecule has 14 heavy (non-hydrogen) atoms. The maximum atomic E-state index is 11.5.